The highest BCUT2D eigenvalue weighted by Crippen LogP contribution is 2.32. The number of benzene rings is 1. The largest absolute Gasteiger partial charge is 0.496 e. The van der Waals surface area contributed by atoms with Crippen LogP contribution < -0.4 is 4.74 Å². The SMILES string of the molecule is COc1ccc(S(=O)(=O)[C@@H]2CS(=O)(=O)C[C@@H]2N2CCCC2)cc1C. The fraction of sp³-hybridized carbons (Fsp3) is 0.625. The van der Waals surface area contributed by atoms with E-state index in [9.17, 15) is 16.8 Å². The maximum atomic E-state index is 13.1. The van der Waals surface area contributed by atoms with Gasteiger partial charge in [0, 0.05) is 6.04 Å². The topological polar surface area (TPSA) is 80.8 Å². The number of ether oxygens (including phenoxy) is 1. The zero-order valence-electron chi connectivity index (χ0n) is 13.9. The lowest BCUT2D eigenvalue weighted by Gasteiger charge is -2.27. The Kier molecular flexibility index (Phi) is 4.65. The third-order valence-corrected chi connectivity index (χ3v) is 9.09. The van der Waals surface area contributed by atoms with Gasteiger partial charge in [0.2, 0.25) is 0 Å². The summed E-state index contributed by atoms with van der Waals surface area (Å²) >= 11 is 0. The van der Waals surface area contributed by atoms with E-state index < -0.39 is 31.0 Å². The summed E-state index contributed by atoms with van der Waals surface area (Å²) in [5.74, 6) is 0.261. The van der Waals surface area contributed by atoms with Gasteiger partial charge in [-0.1, -0.05) is 0 Å². The van der Waals surface area contributed by atoms with E-state index in [4.69, 9.17) is 4.74 Å². The van der Waals surface area contributed by atoms with Gasteiger partial charge in [0.05, 0.1) is 28.8 Å². The van der Waals surface area contributed by atoms with E-state index in [1.165, 1.54) is 13.2 Å². The van der Waals surface area contributed by atoms with Crippen LogP contribution in [-0.4, -0.2) is 64.7 Å². The molecule has 2 aliphatic heterocycles. The molecule has 2 fully saturated rings. The zero-order chi connectivity index (χ0) is 17.5. The fourth-order valence-electron chi connectivity index (χ4n) is 3.71. The maximum Gasteiger partial charge on any atom is 0.183 e. The number of hydrogen-bond acceptors (Lipinski definition) is 6. The number of aryl methyl sites for hydroxylation is 1. The molecule has 24 heavy (non-hydrogen) atoms. The van der Waals surface area contributed by atoms with Gasteiger partial charge in [0.25, 0.3) is 0 Å². The molecule has 0 N–H and O–H groups in total. The van der Waals surface area contributed by atoms with Crippen molar-refractivity contribution in [2.75, 3.05) is 31.7 Å². The van der Waals surface area contributed by atoms with E-state index in [1.54, 1.807) is 19.1 Å². The summed E-state index contributed by atoms with van der Waals surface area (Å²) in [7, 11) is -5.53. The molecular formula is C16H23NO5S2. The van der Waals surface area contributed by atoms with Crippen LogP contribution in [-0.2, 0) is 19.7 Å². The van der Waals surface area contributed by atoms with Crippen LogP contribution in [0.5, 0.6) is 5.75 Å². The lowest BCUT2D eigenvalue weighted by molar-refractivity contribution is 0.264. The molecule has 0 radical (unpaired) electrons. The molecule has 3 rings (SSSR count). The number of rotatable bonds is 4. The Morgan fingerprint density at radius 1 is 1.17 bits per heavy atom. The van der Waals surface area contributed by atoms with E-state index in [1.807, 2.05) is 4.90 Å². The third-order valence-electron chi connectivity index (χ3n) is 4.98. The molecule has 0 bridgehead atoms. The number of likely N-dealkylation sites (tertiary alicyclic amines) is 1. The molecule has 0 aliphatic carbocycles. The van der Waals surface area contributed by atoms with Gasteiger partial charge in [-0.3, -0.25) is 4.90 Å². The molecule has 2 atom stereocenters. The van der Waals surface area contributed by atoms with Crippen molar-refractivity contribution >= 4 is 19.7 Å². The van der Waals surface area contributed by atoms with Gasteiger partial charge < -0.3 is 4.74 Å². The molecule has 0 aromatic heterocycles. The van der Waals surface area contributed by atoms with Crippen LogP contribution in [0, 0.1) is 6.92 Å². The highest BCUT2D eigenvalue weighted by atomic mass is 32.2. The second-order valence-electron chi connectivity index (χ2n) is 6.60. The summed E-state index contributed by atoms with van der Waals surface area (Å²) in [4.78, 5) is 2.20. The molecule has 2 heterocycles. The standard InChI is InChI=1S/C16H23NO5S2/c1-12-9-13(5-6-15(12)22-2)24(20,21)16-11-23(18,19)10-14(16)17-7-3-4-8-17/h5-6,9,14,16H,3-4,7-8,10-11H2,1-2H3/t14-,16+/m0/s1. The normalized spacial score (nSPS) is 27.4. The van der Waals surface area contributed by atoms with Crippen LogP contribution in [0.25, 0.3) is 0 Å². The van der Waals surface area contributed by atoms with Gasteiger partial charge >= 0.3 is 0 Å². The van der Waals surface area contributed by atoms with Crippen molar-refractivity contribution in [3.8, 4) is 5.75 Å². The van der Waals surface area contributed by atoms with Crippen LogP contribution >= 0.6 is 0 Å². The van der Waals surface area contributed by atoms with Gasteiger partial charge in [-0.2, -0.15) is 0 Å². The Labute approximate surface area is 143 Å². The smallest absolute Gasteiger partial charge is 0.183 e. The molecule has 8 heteroatoms. The molecule has 2 aliphatic rings. The second-order valence-corrected chi connectivity index (χ2v) is 10.9. The third kappa shape index (κ3) is 3.19. The monoisotopic (exact) mass is 373 g/mol. The van der Waals surface area contributed by atoms with Gasteiger partial charge in [-0.15, -0.1) is 0 Å². The van der Waals surface area contributed by atoms with E-state index >= 15 is 0 Å². The first-order valence-corrected chi connectivity index (χ1v) is 11.4. The molecule has 0 amide bonds. The minimum Gasteiger partial charge on any atom is -0.496 e. The number of hydrogen-bond donors (Lipinski definition) is 0. The quantitative estimate of drug-likeness (QED) is 0.784. The summed E-state index contributed by atoms with van der Waals surface area (Å²) in [6, 6.07) is 4.26. The highest BCUT2D eigenvalue weighted by molar-refractivity contribution is 7.96. The van der Waals surface area contributed by atoms with Gasteiger partial charge in [-0.25, -0.2) is 16.8 Å². The predicted octanol–water partition coefficient (Wildman–Crippen LogP) is 1.04. The molecule has 6 nitrogen and oxygen atoms in total. The molecule has 1 aromatic rings. The molecule has 134 valence electrons. The van der Waals surface area contributed by atoms with Crippen LogP contribution in [0.4, 0.5) is 0 Å². The van der Waals surface area contributed by atoms with Gasteiger partial charge in [0.15, 0.2) is 19.7 Å². The van der Waals surface area contributed by atoms with Crippen LogP contribution in [0.15, 0.2) is 23.1 Å². The van der Waals surface area contributed by atoms with Gasteiger partial charge in [-0.05, 0) is 56.6 Å². The highest BCUT2D eigenvalue weighted by Gasteiger charge is 2.48. The minimum absolute atomic E-state index is 0.0635. The van der Waals surface area contributed by atoms with E-state index in [0.29, 0.717) is 5.75 Å². The van der Waals surface area contributed by atoms with Crippen molar-refractivity contribution in [3.05, 3.63) is 23.8 Å². The van der Waals surface area contributed by atoms with Crippen molar-refractivity contribution < 1.29 is 21.6 Å². The second kappa shape index (κ2) is 6.31. The van der Waals surface area contributed by atoms with E-state index in [2.05, 4.69) is 0 Å². The molecule has 0 spiro atoms. The summed E-state index contributed by atoms with van der Waals surface area (Å²) in [6.07, 6.45) is 1.98. The first-order chi connectivity index (χ1) is 11.2. The Hall–Kier alpha value is -1.12. The molecule has 0 unspecified atom stereocenters. The van der Waals surface area contributed by atoms with Crippen LogP contribution in [0.3, 0.4) is 0 Å². The minimum atomic E-state index is -3.72. The number of nitrogens with zero attached hydrogens (tertiary/aromatic N) is 1. The van der Waals surface area contributed by atoms with Crippen molar-refractivity contribution in [1.29, 1.82) is 0 Å². The van der Waals surface area contributed by atoms with Crippen molar-refractivity contribution in [2.24, 2.45) is 0 Å². The lowest BCUT2D eigenvalue weighted by Crippen LogP contribution is -2.45. The summed E-state index contributed by atoms with van der Waals surface area (Å²) in [5, 5.41) is -0.895. The Balaban J connectivity index is 1.99. The van der Waals surface area contributed by atoms with Crippen LogP contribution in [0.1, 0.15) is 18.4 Å². The van der Waals surface area contributed by atoms with Crippen molar-refractivity contribution in [2.45, 2.75) is 36.0 Å². The Morgan fingerprint density at radius 2 is 1.83 bits per heavy atom. The van der Waals surface area contributed by atoms with E-state index in [0.717, 1.165) is 31.5 Å². The van der Waals surface area contributed by atoms with Crippen LogP contribution in [0.2, 0.25) is 0 Å². The zero-order valence-corrected chi connectivity index (χ0v) is 15.6. The molecular weight excluding hydrogens is 350 g/mol. The van der Waals surface area contributed by atoms with Crippen molar-refractivity contribution in [1.82, 2.24) is 4.90 Å². The maximum absolute atomic E-state index is 13.1. The fourth-order valence-corrected chi connectivity index (χ4v) is 8.62. The summed E-state index contributed by atoms with van der Waals surface area (Å²) < 4.78 is 55.7. The lowest BCUT2D eigenvalue weighted by atomic mass is 10.2. The van der Waals surface area contributed by atoms with Crippen molar-refractivity contribution in [3.63, 3.8) is 0 Å². The number of methoxy groups -OCH3 is 1. The number of sulfone groups is 2. The Bertz CT molecular complexity index is 826. The summed E-state index contributed by atoms with van der Waals surface area (Å²) in [5.41, 5.74) is 0.720. The first-order valence-electron chi connectivity index (χ1n) is 8.07. The predicted molar refractivity (Wildman–Crippen MR) is 92.0 cm³/mol. The average molecular weight is 373 g/mol. The first kappa shape index (κ1) is 17.7. The summed E-state index contributed by atoms with van der Waals surface area (Å²) in [6.45, 7) is 3.32. The van der Waals surface area contributed by atoms with E-state index in [-0.39, 0.29) is 16.4 Å². The molecule has 1 aromatic carbocycles. The van der Waals surface area contributed by atoms with Gasteiger partial charge in [0.1, 0.15) is 5.75 Å². The molecule has 2 saturated heterocycles. The Morgan fingerprint density at radius 3 is 2.42 bits per heavy atom. The molecule has 0 saturated carbocycles. The average Bonchev–Trinajstić information content (AvgIpc) is 3.14.